The maximum Gasteiger partial charge on any atom is 0.416 e. The lowest BCUT2D eigenvalue weighted by Gasteiger charge is -2.17. The van der Waals surface area contributed by atoms with E-state index in [1.807, 2.05) is 13.8 Å². The SMILES string of the molecule is Cc1cc(C(F)(F)F)ccc1C(C)CC(C)Br. The molecule has 0 nitrogen and oxygen atoms in total. The van der Waals surface area contributed by atoms with Gasteiger partial charge in [-0.2, -0.15) is 13.2 Å². The minimum Gasteiger partial charge on any atom is -0.166 e. The van der Waals surface area contributed by atoms with Crippen molar-refractivity contribution in [3.63, 3.8) is 0 Å². The molecule has 0 aliphatic heterocycles. The molecule has 0 spiro atoms. The fourth-order valence-corrected chi connectivity index (χ4v) is 2.58. The van der Waals surface area contributed by atoms with Crippen LogP contribution in [0.1, 0.15) is 42.9 Å². The standard InChI is InChI=1S/C13H16BrF3/c1-8(6-10(3)14)12-5-4-11(7-9(12)2)13(15,16)17/h4-5,7-8,10H,6H2,1-3H3. The Bertz CT molecular complexity index is 383. The van der Waals surface area contributed by atoms with E-state index in [2.05, 4.69) is 15.9 Å². The predicted octanol–water partition coefficient (Wildman–Crippen LogP) is 5.29. The number of hydrogen-bond donors (Lipinski definition) is 0. The molecule has 1 aromatic carbocycles. The molecule has 0 radical (unpaired) electrons. The van der Waals surface area contributed by atoms with Gasteiger partial charge in [-0.25, -0.2) is 0 Å². The third-order valence-electron chi connectivity index (χ3n) is 2.81. The van der Waals surface area contributed by atoms with Crippen LogP contribution in [-0.2, 0) is 6.18 Å². The molecular weight excluding hydrogens is 293 g/mol. The molecule has 0 N–H and O–H groups in total. The highest BCUT2D eigenvalue weighted by atomic mass is 79.9. The Morgan fingerprint density at radius 3 is 2.24 bits per heavy atom. The third-order valence-corrected chi connectivity index (χ3v) is 3.18. The average Bonchev–Trinajstić information content (AvgIpc) is 2.14. The van der Waals surface area contributed by atoms with E-state index in [-0.39, 0.29) is 5.92 Å². The molecule has 17 heavy (non-hydrogen) atoms. The first-order valence-electron chi connectivity index (χ1n) is 5.53. The number of hydrogen-bond acceptors (Lipinski definition) is 0. The summed E-state index contributed by atoms with van der Waals surface area (Å²) < 4.78 is 37.5. The van der Waals surface area contributed by atoms with E-state index in [1.54, 1.807) is 13.0 Å². The maximum absolute atomic E-state index is 12.5. The second-order valence-electron chi connectivity index (χ2n) is 4.49. The van der Waals surface area contributed by atoms with Crippen LogP contribution in [0.3, 0.4) is 0 Å². The van der Waals surface area contributed by atoms with Gasteiger partial charge in [0.2, 0.25) is 0 Å². The molecule has 0 amide bonds. The molecule has 0 aromatic heterocycles. The van der Waals surface area contributed by atoms with Gasteiger partial charge in [-0.3, -0.25) is 0 Å². The summed E-state index contributed by atoms with van der Waals surface area (Å²) in [5.41, 5.74) is 1.13. The summed E-state index contributed by atoms with van der Waals surface area (Å²) in [4.78, 5) is 0.360. The highest BCUT2D eigenvalue weighted by Gasteiger charge is 2.30. The number of benzene rings is 1. The zero-order valence-electron chi connectivity index (χ0n) is 10.1. The molecule has 1 rings (SSSR count). The van der Waals surface area contributed by atoms with Crippen molar-refractivity contribution in [2.45, 2.75) is 44.1 Å². The molecule has 0 aliphatic rings. The number of alkyl halides is 4. The Hall–Kier alpha value is -0.510. The van der Waals surface area contributed by atoms with Gasteiger partial charge in [0, 0.05) is 4.83 Å². The number of halogens is 4. The first-order valence-corrected chi connectivity index (χ1v) is 6.45. The summed E-state index contributed by atoms with van der Waals surface area (Å²) in [7, 11) is 0. The van der Waals surface area contributed by atoms with Crippen molar-refractivity contribution >= 4 is 15.9 Å². The van der Waals surface area contributed by atoms with Crippen molar-refractivity contribution < 1.29 is 13.2 Å². The Kier molecular flexibility index (Phi) is 4.64. The summed E-state index contributed by atoms with van der Waals surface area (Å²) >= 11 is 3.46. The van der Waals surface area contributed by atoms with Crippen LogP contribution in [0.4, 0.5) is 13.2 Å². The topological polar surface area (TPSA) is 0 Å². The highest BCUT2D eigenvalue weighted by Crippen LogP contribution is 2.33. The van der Waals surface area contributed by atoms with Gasteiger partial charge in [0.25, 0.3) is 0 Å². The lowest BCUT2D eigenvalue weighted by molar-refractivity contribution is -0.137. The second kappa shape index (κ2) is 5.42. The molecule has 0 aliphatic carbocycles. The van der Waals surface area contributed by atoms with Crippen LogP contribution in [0.15, 0.2) is 18.2 Å². The molecule has 0 saturated carbocycles. The van der Waals surface area contributed by atoms with E-state index in [4.69, 9.17) is 0 Å². The Balaban J connectivity index is 2.98. The Morgan fingerprint density at radius 2 is 1.82 bits per heavy atom. The lowest BCUT2D eigenvalue weighted by Crippen LogP contribution is -2.08. The highest BCUT2D eigenvalue weighted by molar-refractivity contribution is 9.09. The molecule has 0 heterocycles. The molecule has 4 heteroatoms. The number of rotatable bonds is 3. The van der Waals surface area contributed by atoms with E-state index < -0.39 is 11.7 Å². The van der Waals surface area contributed by atoms with Gasteiger partial charge in [-0.05, 0) is 42.5 Å². The van der Waals surface area contributed by atoms with Crippen molar-refractivity contribution in [2.75, 3.05) is 0 Å². The van der Waals surface area contributed by atoms with E-state index >= 15 is 0 Å². The van der Waals surface area contributed by atoms with Gasteiger partial charge in [0.1, 0.15) is 0 Å². The molecule has 0 fully saturated rings. The minimum atomic E-state index is -4.25. The fourth-order valence-electron chi connectivity index (χ4n) is 2.02. The van der Waals surface area contributed by atoms with Gasteiger partial charge >= 0.3 is 6.18 Å². The monoisotopic (exact) mass is 308 g/mol. The Labute approximate surface area is 108 Å². The second-order valence-corrected chi connectivity index (χ2v) is 6.05. The van der Waals surface area contributed by atoms with Crippen LogP contribution in [-0.4, -0.2) is 4.83 Å². The summed E-state index contributed by atoms with van der Waals surface area (Å²) in [5.74, 6) is 0.256. The van der Waals surface area contributed by atoms with Crippen molar-refractivity contribution in [1.82, 2.24) is 0 Å². The number of aryl methyl sites for hydroxylation is 1. The summed E-state index contributed by atoms with van der Waals surface area (Å²) in [6.07, 6.45) is -3.35. The molecule has 0 saturated heterocycles. The molecule has 1 aromatic rings. The maximum atomic E-state index is 12.5. The van der Waals surface area contributed by atoms with Gasteiger partial charge in [0.05, 0.1) is 5.56 Å². The zero-order chi connectivity index (χ0) is 13.2. The normalized spacial score (nSPS) is 15.7. The van der Waals surface area contributed by atoms with E-state index in [1.165, 1.54) is 6.07 Å². The predicted molar refractivity (Wildman–Crippen MR) is 67.6 cm³/mol. The minimum absolute atomic E-state index is 0.256. The van der Waals surface area contributed by atoms with Crippen LogP contribution in [0, 0.1) is 6.92 Å². The first kappa shape index (κ1) is 14.6. The van der Waals surface area contributed by atoms with Crippen molar-refractivity contribution in [1.29, 1.82) is 0 Å². The fraction of sp³-hybridized carbons (Fsp3) is 0.538. The largest absolute Gasteiger partial charge is 0.416 e. The smallest absolute Gasteiger partial charge is 0.166 e. The van der Waals surface area contributed by atoms with Crippen molar-refractivity contribution in [3.8, 4) is 0 Å². The van der Waals surface area contributed by atoms with Crippen LogP contribution < -0.4 is 0 Å². The molecular formula is C13H16BrF3. The van der Waals surface area contributed by atoms with Crippen molar-refractivity contribution in [2.24, 2.45) is 0 Å². The quantitative estimate of drug-likeness (QED) is 0.665. The van der Waals surface area contributed by atoms with Crippen LogP contribution in [0.5, 0.6) is 0 Å². The third kappa shape index (κ3) is 4.02. The summed E-state index contributed by atoms with van der Waals surface area (Å²) in [6.45, 7) is 5.81. The molecule has 96 valence electrons. The van der Waals surface area contributed by atoms with Crippen LogP contribution in [0.25, 0.3) is 0 Å². The van der Waals surface area contributed by atoms with Crippen LogP contribution >= 0.6 is 15.9 Å². The van der Waals surface area contributed by atoms with E-state index in [9.17, 15) is 13.2 Å². The van der Waals surface area contributed by atoms with E-state index in [0.29, 0.717) is 10.4 Å². The summed E-state index contributed by atoms with van der Waals surface area (Å²) in [6, 6.07) is 3.99. The molecule has 0 bridgehead atoms. The van der Waals surface area contributed by atoms with Crippen LogP contribution in [0.2, 0.25) is 0 Å². The van der Waals surface area contributed by atoms with E-state index in [0.717, 1.165) is 18.1 Å². The Morgan fingerprint density at radius 1 is 1.24 bits per heavy atom. The van der Waals surface area contributed by atoms with Gasteiger partial charge in [-0.15, -0.1) is 0 Å². The zero-order valence-corrected chi connectivity index (χ0v) is 11.7. The molecule has 2 atom stereocenters. The van der Waals surface area contributed by atoms with Gasteiger partial charge in [-0.1, -0.05) is 35.8 Å². The molecule has 2 unspecified atom stereocenters. The average molecular weight is 309 g/mol. The van der Waals surface area contributed by atoms with Gasteiger partial charge < -0.3 is 0 Å². The van der Waals surface area contributed by atoms with Gasteiger partial charge in [0.15, 0.2) is 0 Å². The van der Waals surface area contributed by atoms with Crippen molar-refractivity contribution in [3.05, 3.63) is 34.9 Å². The summed E-state index contributed by atoms with van der Waals surface area (Å²) in [5, 5.41) is 0. The first-order chi connectivity index (χ1) is 7.71. The lowest BCUT2D eigenvalue weighted by atomic mass is 9.91.